The Morgan fingerprint density at radius 3 is 2.53 bits per heavy atom. The van der Waals surface area contributed by atoms with Gasteiger partial charge >= 0.3 is 5.97 Å². The topological polar surface area (TPSA) is 75.6 Å². The van der Waals surface area contributed by atoms with Crippen LogP contribution in [0, 0.1) is 5.92 Å². The zero-order valence-corrected chi connectivity index (χ0v) is 9.91. The molecule has 0 heterocycles. The molecule has 0 atom stereocenters. The summed E-state index contributed by atoms with van der Waals surface area (Å²) in [7, 11) is 0. The van der Waals surface area contributed by atoms with E-state index >= 15 is 0 Å². The fourth-order valence-corrected chi connectivity index (χ4v) is 2.17. The van der Waals surface area contributed by atoms with Crippen LogP contribution in [0.25, 0.3) is 0 Å². The van der Waals surface area contributed by atoms with Crippen molar-refractivity contribution in [2.24, 2.45) is 5.92 Å². The third-order valence-corrected chi connectivity index (χ3v) is 3.49. The molecule has 2 fully saturated rings. The monoisotopic (exact) mass is 241 g/mol. The summed E-state index contributed by atoms with van der Waals surface area (Å²) in [5.74, 6) is -0.407. The molecule has 96 valence electrons. The van der Waals surface area contributed by atoms with Crippen LogP contribution in [0.2, 0.25) is 0 Å². The van der Waals surface area contributed by atoms with Crippen LogP contribution >= 0.6 is 0 Å². The molecule has 0 radical (unpaired) electrons. The van der Waals surface area contributed by atoms with Gasteiger partial charge in [0.05, 0.1) is 18.6 Å². The van der Waals surface area contributed by atoms with E-state index in [0.29, 0.717) is 12.5 Å². The molecule has 5 nitrogen and oxygen atoms in total. The molecule has 2 N–H and O–H groups in total. The normalized spacial score (nSPS) is 21.6. The molecule has 2 rings (SSSR count). The second kappa shape index (κ2) is 5.04. The van der Waals surface area contributed by atoms with Crippen molar-refractivity contribution in [3.05, 3.63) is 0 Å². The Balaban J connectivity index is 1.69. The standard InChI is InChI=1S/C12H19NO4/c14-10(8-17-7-9-2-3-9)13-12(4-1-5-12)6-11(15)16/h9H,1-8H2,(H,13,14)(H,15,16). The number of hydrogen-bond donors (Lipinski definition) is 2. The van der Waals surface area contributed by atoms with Crippen molar-refractivity contribution in [1.29, 1.82) is 0 Å². The fraction of sp³-hybridized carbons (Fsp3) is 0.833. The molecule has 0 saturated heterocycles. The first-order chi connectivity index (χ1) is 8.10. The second-order valence-corrected chi connectivity index (χ2v) is 5.21. The summed E-state index contributed by atoms with van der Waals surface area (Å²) in [5.41, 5.74) is -0.508. The third kappa shape index (κ3) is 3.70. The molecule has 0 spiro atoms. The molecule has 2 saturated carbocycles. The van der Waals surface area contributed by atoms with Gasteiger partial charge in [-0.2, -0.15) is 0 Å². The molecule has 0 unspecified atom stereocenters. The lowest BCUT2D eigenvalue weighted by atomic mass is 9.74. The van der Waals surface area contributed by atoms with Crippen LogP contribution in [0.3, 0.4) is 0 Å². The zero-order chi connectivity index (χ0) is 12.3. The molecule has 1 amide bonds. The highest BCUT2D eigenvalue weighted by Gasteiger charge is 2.40. The van der Waals surface area contributed by atoms with Gasteiger partial charge in [0, 0.05) is 0 Å². The van der Waals surface area contributed by atoms with Crippen LogP contribution in [0.15, 0.2) is 0 Å². The van der Waals surface area contributed by atoms with Crippen molar-refractivity contribution in [2.45, 2.75) is 44.1 Å². The average Bonchev–Trinajstić information content (AvgIpc) is 2.97. The van der Waals surface area contributed by atoms with Gasteiger partial charge < -0.3 is 15.2 Å². The number of ether oxygens (including phenoxy) is 1. The van der Waals surface area contributed by atoms with Gasteiger partial charge in [-0.05, 0) is 38.0 Å². The minimum atomic E-state index is -0.858. The molecule has 17 heavy (non-hydrogen) atoms. The Kier molecular flexibility index (Phi) is 3.66. The predicted molar refractivity (Wildman–Crippen MR) is 60.5 cm³/mol. The smallest absolute Gasteiger partial charge is 0.305 e. The van der Waals surface area contributed by atoms with Crippen molar-refractivity contribution in [1.82, 2.24) is 5.32 Å². The lowest BCUT2D eigenvalue weighted by Crippen LogP contribution is -2.55. The summed E-state index contributed by atoms with van der Waals surface area (Å²) in [4.78, 5) is 22.3. The summed E-state index contributed by atoms with van der Waals surface area (Å²) in [6.07, 6.45) is 4.91. The van der Waals surface area contributed by atoms with E-state index < -0.39 is 11.5 Å². The predicted octanol–water partition coefficient (Wildman–Crippen LogP) is 0.927. The molecule has 5 heteroatoms. The van der Waals surface area contributed by atoms with Crippen LogP contribution in [-0.2, 0) is 14.3 Å². The SMILES string of the molecule is O=C(O)CC1(NC(=O)COCC2CC2)CCC1. The lowest BCUT2D eigenvalue weighted by Gasteiger charge is -2.41. The van der Waals surface area contributed by atoms with Gasteiger partial charge in [-0.25, -0.2) is 0 Å². The molecular weight excluding hydrogens is 222 g/mol. The van der Waals surface area contributed by atoms with E-state index in [4.69, 9.17) is 9.84 Å². The van der Waals surface area contributed by atoms with Crippen molar-refractivity contribution >= 4 is 11.9 Å². The summed E-state index contributed by atoms with van der Waals surface area (Å²) < 4.78 is 5.28. The number of amides is 1. The number of aliphatic carboxylic acids is 1. The van der Waals surface area contributed by atoms with Gasteiger partial charge in [-0.15, -0.1) is 0 Å². The summed E-state index contributed by atoms with van der Waals surface area (Å²) in [5, 5.41) is 11.6. The number of hydrogen-bond acceptors (Lipinski definition) is 3. The van der Waals surface area contributed by atoms with Crippen LogP contribution < -0.4 is 5.32 Å². The maximum absolute atomic E-state index is 11.6. The maximum Gasteiger partial charge on any atom is 0.305 e. The summed E-state index contributed by atoms with van der Waals surface area (Å²) in [6.45, 7) is 0.706. The first kappa shape index (κ1) is 12.4. The van der Waals surface area contributed by atoms with Crippen molar-refractivity contribution in [3.63, 3.8) is 0 Å². The Morgan fingerprint density at radius 1 is 1.35 bits per heavy atom. The minimum absolute atomic E-state index is 0.0152. The first-order valence-electron chi connectivity index (χ1n) is 6.20. The van der Waals surface area contributed by atoms with Crippen LogP contribution in [-0.4, -0.2) is 35.7 Å². The number of nitrogens with one attached hydrogen (secondary N) is 1. The quantitative estimate of drug-likeness (QED) is 0.695. The van der Waals surface area contributed by atoms with Gasteiger partial charge in [0.1, 0.15) is 6.61 Å². The van der Waals surface area contributed by atoms with Crippen LogP contribution in [0.5, 0.6) is 0 Å². The molecule has 2 aliphatic carbocycles. The Labute approximate surface area is 101 Å². The Hall–Kier alpha value is -1.10. The average molecular weight is 241 g/mol. The second-order valence-electron chi connectivity index (χ2n) is 5.21. The molecule has 0 bridgehead atoms. The van der Waals surface area contributed by atoms with Crippen LogP contribution in [0.1, 0.15) is 38.5 Å². The van der Waals surface area contributed by atoms with Gasteiger partial charge in [-0.1, -0.05) is 0 Å². The Bertz CT molecular complexity index is 308. The van der Waals surface area contributed by atoms with E-state index in [1.165, 1.54) is 12.8 Å². The molecular formula is C12H19NO4. The van der Waals surface area contributed by atoms with Gasteiger partial charge in [0.25, 0.3) is 0 Å². The highest BCUT2D eigenvalue weighted by molar-refractivity contribution is 5.79. The third-order valence-electron chi connectivity index (χ3n) is 3.49. The number of rotatable bonds is 7. The Morgan fingerprint density at radius 2 is 2.06 bits per heavy atom. The van der Waals surface area contributed by atoms with E-state index in [-0.39, 0.29) is 18.9 Å². The highest BCUT2D eigenvalue weighted by Crippen LogP contribution is 2.34. The number of carboxylic acid groups (broad SMARTS) is 1. The largest absolute Gasteiger partial charge is 0.481 e. The van der Waals surface area contributed by atoms with Gasteiger partial charge in [0.2, 0.25) is 5.91 Å². The highest BCUT2D eigenvalue weighted by atomic mass is 16.5. The van der Waals surface area contributed by atoms with Crippen LogP contribution in [0.4, 0.5) is 0 Å². The van der Waals surface area contributed by atoms with E-state index in [1.54, 1.807) is 0 Å². The van der Waals surface area contributed by atoms with Crippen molar-refractivity contribution in [3.8, 4) is 0 Å². The van der Waals surface area contributed by atoms with E-state index in [1.807, 2.05) is 0 Å². The molecule has 0 aromatic carbocycles. The number of carboxylic acids is 1. The zero-order valence-electron chi connectivity index (χ0n) is 9.91. The van der Waals surface area contributed by atoms with Gasteiger partial charge in [0.15, 0.2) is 0 Å². The number of carbonyl (C=O) groups is 2. The van der Waals surface area contributed by atoms with Crippen molar-refractivity contribution < 1.29 is 19.4 Å². The van der Waals surface area contributed by atoms with E-state index in [0.717, 1.165) is 19.3 Å². The molecule has 2 aliphatic rings. The first-order valence-corrected chi connectivity index (χ1v) is 6.20. The number of carbonyl (C=O) groups excluding carboxylic acids is 1. The lowest BCUT2D eigenvalue weighted by molar-refractivity contribution is -0.141. The molecule has 0 aliphatic heterocycles. The van der Waals surface area contributed by atoms with Crippen molar-refractivity contribution in [2.75, 3.05) is 13.2 Å². The molecule has 0 aromatic rings. The van der Waals surface area contributed by atoms with E-state index in [9.17, 15) is 9.59 Å². The minimum Gasteiger partial charge on any atom is -0.481 e. The summed E-state index contributed by atoms with van der Waals surface area (Å²) in [6, 6.07) is 0. The molecule has 0 aromatic heterocycles. The van der Waals surface area contributed by atoms with E-state index in [2.05, 4.69) is 5.32 Å². The van der Waals surface area contributed by atoms with Gasteiger partial charge in [-0.3, -0.25) is 9.59 Å². The summed E-state index contributed by atoms with van der Waals surface area (Å²) >= 11 is 0. The maximum atomic E-state index is 11.6. The fourth-order valence-electron chi connectivity index (χ4n) is 2.17.